The molecule has 0 radical (unpaired) electrons. The van der Waals surface area contributed by atoms with Crippen molar-refractivity contribution in [3.05, 3.63) is 0 Å². The first-order chi connectivity index (χ1) is 13.5. The predicted molar refractivity (Wildman–Crippen MR) is 96.9 cm³/mol. The van der Waals surface area contributed by atoms with E-state index in [-0.39, 0.29) is 60.4 Å². The number of cyclic esters (lactones) is 2. The van der Waals surface area contributed by atoms with E-state index in [2.05, 4.69) is 0 Å². The monoisotopic (exact) mass is 388 g/mol. The Morgan fingerprint density at radius 3 is 1.54 bits per heavy atom. The van der Waals surface area contributed by atoms with Gasteiger partial charge in [0.2, 0.25) is 0 Å². The van der Waals surface area contributed by atoms with Crippen molar-refractivity contribution in [3.8, 4) is 0 Å². The van der Waals surface area contributed by atoms with E-state index in [0.717, 1.165) is 12.8 Å². The average Bonchev–Trinajstić information content (AvgIpc) is 2.64. The van der Waals surface area contributed by atoms with Crippen LogP contribution in [0.5, 0.6) is 0 Å². The summed E-state index contributed by atoms with van der Waals surface area (Å²) in [6.45, 7) is 0.518. The summed E-state index contributed by atoms with van der Waals surface area (Å²) < 4.78 is 11.4. The summed E-state index contributed by atoms with van der Waals surface area (Å²) in [6, 6.07) is 0. The number of esters is 2. The van der Waals surface area contributed by atoms with Crippen LogP contribution in [0.4, 0.5) is 0 Å². The summed E-state index contributed by atoms with van der Waals surface area (Å²) in [6.07, 6.45) is 6.54. The molecule has 6 nitrogen and oxygen atoms in total. The molecule has 0 bridgehead atoms. The van der Waals surface area contributed by atoms with Crippen LogP contribution in [0.1, 0.15) is 64.2 Å². The molecule has 152 valence electrons. The van der Waals surface area contributed by atoms with Crippen molar-refractivity contribution in [2.24, 2.45) is 34.5 Å². The number of Topliss-reactive ketones (excluding diaryl/α,β-unsaturated/α-hetero) is 2. The molecule has 28 heavy (non-hydrogen) atoms. The minimum absolute atomic E-state index is 0.0416. The fourth-order valence-electron chi connectivity index (χ4n) is 7.14. The SMILES string of the molecule is O=C1CCC[C@]23C(=O)OCC[C@@H]4C[C@@H]5C(=O)CCC[C@]45C(=O)OCC[C@@H]2C[C@H]13. The predicted octanol–water partition coefficient (Wildman–Crippen LogP) is 2.62. The Labute approximate surface area is 164 Å². The molecule has 2 spiro atoms. The molecule has 5 fully saturated rings. The van der Waals surface area contributed by atoms with Gasteiger partial charge < -0.3 is 9.47 Å². The van der Waals surface area contributed by atoms with Gasteiger partial charge in [0.15, 0.2) is 0 Å². The van der Waals surface area contributed by atoms with Crippen molar-refractivity contribution < 1.29 is 28.7 Å². The molecule has 1 saturated heterocycles. The quantitative estimate of drug-likeness (QED) is 0.593. The Morgan fingerprint density at radius 2 is 1.11 bits per heavy atom. The van der Waals surface area contributed by atoms with Gasteiger partial charge in [0.05, 0.1) is 24.0 Å². The molecular weight excluding hydrogens is 360 g/mol. The molecular formula is C22H28O6. The zero-order valence-electron chi connectivity index (χ0n) is 16.2. The summed E-state index contributed by atoms with van der Waals surface area (Å²) >= 11 is 0. The van der Waals surface area contributed by atoms with E-state index in [0.29, 0.717) is 51.4 Å². The van der Waals surface area contributed by atoms with Crippen LogP contribution in [0, 0.1) is 34.5 Å². The van der Waals surface area contributed by atoms with Crippen LogP contribution in [0.2, 0.25) is 0 Å². The lowest BCUT2D eigenvalue weighted by atomic mass is 9.46. The summed E-state index contributed by atoms with van der Waals surface area (Å²) in [5.74, 6) is -0.424. The van der Waals surface area contributed by atoms with Gasteiger partial charge in [-0.3, -0.25) is 19.2 Å². The average molecular weight is 388 g/mol. The summed E-state index contributed by atoms with van der Waals surface area (Å²) in [5.41, 5.74) is -1.39. The minimum Gasteiger partial charge on any atom is -0.465 e. The second kappa shape index (κ2) is 6.39. The van der Waals surface area contributed by atoms with Crippen molar-refractivity contribution in [1.82, 2.24) is 0 Å². The summed E-state index contributed by atoms with van der Waals surface area (Å²) in [4.78, 5) is 50.8. The number of carbonyl (C=O) groups is 4. The van der Waals surface area contributed by atoms with Crippen molar-refractivity contribution in [2.45, 2.75) is 64.2 Å². The van der Waals surface area contributed by atoms with Crippen LogP contribution >= 0.6 is 0 Å². The first-order valence-corrected chi connectivity index (χ1v) is 10.9. The van der Waals surface area contributed by atoms with Gasteiger partial charge in [0, 0.05) is 24.7 Å². The molecule has 1 aliphatic heterocycles. The maximum atomic E-state index is 13.1. The van der Waals surface area contributed by atoms with Gasteiger partial charge in [-0.15, -0.1) is 0 Å². The standard InChI is InChI=1S/C22H28O6/c23-17-3-1-7-21-13(11-15(17)21)5-9-28-20(26)22-8-2-4-18(24)16(22)12-14(22)6-10-27-19(21)25/h13-16H,1-12H2/t13-,14-,15-,16-,21+,22+/m1/s1. The van der Waals surface area contributed by atoms with Gasteiger partial charge >= 0.3 is 11.9 Å². The Kier molecular flexibility index (Phi) is 4.18. The van der Waals surface area contributed by atoms with E-state index >= 15 is 0 Å². The van der Waals surface area contributed by atoms with E-state index in [4.69, 9.17) is 9.47 Å². The highest BCUT2D eigenvalue weighted by Crippen LogP contribution is 2.62. The largest absolute Gasteiger partial charge is 0.465 e. The summed E-state index contributed by atoms with van der Waals surface area (Å²) in [5, 5.41) is 0. The second-order valence-corrected chi connectivity index (χ2v) is 9.54. The lowest BCUT2D eigenvalue weighted by molar-refractivity contribution is -0.200. The molecule has 6 atom stereocenters. The van der Waals surface area contributed by atoms with Gasteiger partial charge in [-0.1, -0.05) is 0 Å². The first-order valence-electron chi connectivity index (χ1n) is 10.9. The molecule has 5 aliphatic rings. The zero-order valence-corrected chi connectivity index (χ0v) is 16.2. The molecule has 0 N–H and O–H groups in total. The maximum Gasteiger partial charge on any atom is 0.313 e. The molecule has 4 aliphatic carbocycles. The van der Waals surface area contributed by atoms with Crippen molar-refractivity contribution in [3.63, 3.8) is 0 Å². The third-order valence-corrected chi connectivity index (χ3v) is 8.70. The molecule has 0 aromatic heterocycles. The van der Waals surface area contributed by atoms with E-state index in [9.17, 15) is 19.2 Å². The zero-order chi connectivity index (χ0) is 19.5. The Balaban J connectivity index is 1.38. The molecule has 0 aromatic carbocycles. The Bertz CT molecular complexity index is 681. The van der Waals surface area contributed by atoms with E-state index in [1.54, 1.807) is 0 Å². The van der Waals surface area contributed by atoms with Gasteiger partial charge in [0.25, 0.3) is 0 Å². The third kappa shape index (κ3) is 2.26. The van der Waals surface area contributed by atoms with Crippen LogP contribution in [0.25, 0.3) is 0 Å². The maximum absolute atomic E-state index is 13.1. The van der Waals surface area contributed by atoms with Crippen molar-refractivity contribution in [2.75, 3.05) is 13.2 Å². The topological polar surface area (TPSA) is 86.7 Å². The van der Waals surface area contributed by atoms with Crippen LogP contribution in [-0.2, 0) is 28.7 Å². The molecule has 0 aromatic rings. The number of hydrogen-bond donors (Lipinski definition) is 0. The highest BCUT2D eigenvalue weighted by molar-refractivity contribution is 5.93. The smallest absolute Gasteiger partial charge is 0.313 e. The third-order valence-electron chi connectivity index (χ3n) is 8.70. The van der Waals surface area contributed by atoms with Gasteiger partial charge in [-0.05, 0) is 63.2 Å². The lowest BCUT2D eigenvalue weighted by Crippen LogP contribution is -2.62. The van der Waals surface area contributed by atoms with E-state index in [1.807, 2.05) is 0 Å². The number of ketones is 2. The van der Waals surface area contributed by atoms with Crippen molar-refractivity contribution >= 4 is 23.5 Å². The number of carbonyl (C=O) groups excluding carboxylic acids is 4. The molecule has 6 heteroatoms. The Hall–Kier alpha value is -1.72. The minimum atomic E-state index is -0.693. The molecule has 4 saturated carbocycles. The Morgan fingerprint density at radius 1 is 0.679 bits per heavy atom. The molecule has 5 rings (SSSR count). The van der Waals surface area contributed by atoms with Gasteiger partial charge in [-0.25, -0.2) is 0 Å². The van der Waals surface area contributed by atoms with Crippen LogP contribution < -0.4 is 0 Å². The van der Waals surface area contributed by atoms with Gasteiger partial charge in [0.1, 0.15) is 11.6 Å². The van der Waals surface area contributed by atoms with Crippen LogP contribution in [0.15, 0.2) is 0 Å². The highest BCUT2D eigenvalue weighted by atomic mass is 16.5. The van der Waals surface area contributed by atoms with E-state index < -0.39 is 10.8 Å². The first kappa shape index (κ1) is 18.3. The van der Waals surface area contributed by atoms with Gasteiger partial charge in [-0.2, -0.15) is 0 Å². The second-order valence-electron chi connectivity index (χ2n) is 9.54. The number of ether oxygens (including phenoxy) is 2. The van der Waals surface area contributed by atoms with Crippen molar-refractivity contribution in [1.29, 1.82) is 0 Å². The highest BCUT2D eigenvalue weighted by Gasteiger charge is 2.66. The van der Waals surface area contributed by atoms with Crippen LogP contribution in [-0.4, -0.2) is 36.7 Å². The number of rotatable bonds is 0. The van der Waals surface area contributed by atoms with Crippen LogP contribution in [0.3, 0.4) is 0 Å². The van der Waals surface area contributed by atoms with E-state index in [1.165, 1.54) is 0 Å². The lowest BCUT2D eigenvalue weighted by Gasteiger charge is -2.57. The molecule has 1 heterocycles. The normalized spacial score (nSPS) is 46.0. The fraction of sp³-hybridized carbons (Fsp3) is 0.818. The summed E-state index contributed by atoms with van der Waals surface area (Å²) in [7, 11) is 0. The number of hydrogen-bond acceptors (Lipinski definition) is 6. The molecule has 0 amide bonds. The molecule has 0 unspecified atom stereocenters. The fourth-order valence-corrected chi connectivity index (χ4v) is 7.14.